The van der Waals surface area contributed by atoms with Crippen molar-refractivity contribution >= 4 is 44.8 Å². The van der Waals surface area contributed by atoms with Gasteiger partial charge in [-0.1, -0.05) is 0 Å². The van der Waals surface area contributed by atoms with Crippen molar-refractivity contribution in [2.45, 2.75) is 63.0 Å². The number of carbonyl (C=O) groups is 1. The Morgan fingerprint density at radius 1 is 1.07 bits per heavy atom. The molecular formula is C30H40N6O3S. The zero-order valence-electron chi connectivity index (χ0n) is 23.7. The number of thiophene rings is 1. The van der Waals surface area contributed by atoms with Crippen LogP contribution in [0.5, 0.6) is 5.88 Å². The minimum absolute atomic E-state index is 0.0161. The minimum Gasteiger partial charge on any atom is -0.481 e. The highest BCUT2D eigenvalue weighted by atomic mass is 32.1. The Kier molecular flexibility index (Phi) is 7.83. The second-order valence-corrected chi connectivity index (χ2v) is 12.9. The monoisotopic (exact) mass is 564 g/mol. The summed E-state index contributed by atoms with van der Waals surface area (Å²) in [5.41, 5.74) is 3.26. The lowest BCUT2D eigenvalue weighted by molar-refractivity contribution is -0.137. The summed E-state index contributed by atoms with van der Waals surface area (Å²) in [7, 11) is 6.46. The molecule has 1 saturated carbocycles. The summed E-state index contributed by atoms with van der Waals surface area (Å²) in [4.78, 5) is 30.6. The number of anilines is 3. The first kappa shape index (κ1) is 27.2. The molecule has 0 unspecified atom stereocenters. The Morgan fingerprint density at radius 2 is 1.80 bits per heavy atom. The molecular weight excluding hydrogens is 524 g/mol. The van der Waals surface area contributed by atoms with Crippen molar-refractivity contribution in [1.29, 1.82) is 0 Å². The number of ether oxygens (including phenoxy) is 1. The molecule has 6 rings (SSSR count). The van der Waals surface area contributed by atoms with Crippen molar-refractivity contribution in [3.8, 4) is 5.88 Å². The number of hydrogen-bond acceptors (Lipinski definition) is 9. The van der Waals surface area contributed by atoms with Gasteiger partial charge in [0.1, 0.15) is 10.9 Å². The van der Waals surface area contributed by atoms with E-state index in [1.165, 1.54) is 10.6 Å². The fourth-order valence-electron chi connectivity index (χ4n) is 6.45. The normalized spacial score (nSPS) is 23.5. The van der Waals surface area contributed by atoms with E-state index in [0.29, 0.717) is 17.9 Å². The van der Waals surface area contributed by atoms with Gasteiger partial charge in [-0.15, -0.1) is 11.3 Å². The Morgan fingerprint density at radius 3 is 2.48 bits per heavy atom. The molecule has 1 saturated heterocycles. The Hall–Kier alpha value is -2.95. The summed E-state index contributed by atoms with van der Waals surface area (Å²) in [6, 6.07) is 9.07. The van der Waals surface area contributed by atoms with Gasteiger partial charge < -0.3 is 29.9 Å². The van der Waals surface area contributed by atoms with Crippen molar-refractivity contribution in [1.82, 2.24) is 19.8 Å². The largest absolute Gasteiger partial charge is 0.481 e. The zero-order valence-corrected chi connectivity index (χ0v) is 24.5. The zero-order chi connectivity index (χ0) is 27.8. The molecule has 3 aliphatic rings. The maximum absolute atomic E-state index is 11.6. The predicted octanol–water partition coefficient (Wildman–Crippen LogP) is 4.94. The maximum atomic E-state index is 11.6. The molecule has 0 amide bonds. The lowest BCUT2D eigenvalue weighted by atomic mass is 9.92. The third kappa shape index (κ3) is 5.75. The number of nitrogens with zero attached hydrogens (tertiary/aromatic N) is 5. The lowest BCUT2D eigenvalue weighted by Crippen LogP contribution is -2.44. The molecule has 1 atom stereocenters. The Balaban J connectivity index is 1.27. The molecule has 3 aromatic rings. The van der Waals surface area contributed by atoms with E-state index in [-0.39, 0.29) is 18.4 Å². The highest BCUT2D eigenvalue weighted by Crippen LogP contribution is 2.48. The number of aromatic nitrogens is 2. The van der Waals surface area contributed by atoms with Crippen LogP contribution < -0.4 is 15.0 Å². The molecule has 214 valence electrons. The van der Waals surface area contributed by atoms with Crippen LogP contribution >= 0.6 is 11.3 Å². The number of aryl methyl sites for hydroxylation is 1. The molecule has 0 radical (unpaired) electrons. The summed E-state index contributed by atoms with van der Waals surface area (Å²) >= 11 is 1.66. The molecule has 1 aromatic carbocycles. The van der Waals surface area contributed by atoms with Gasteiger partial charge in [-0.2, -0.15) is 4.98 Å². The summed E-state index contributed by atoms with van der Waals surface area (Å²) < 4.78 is 6.66. The van der Waals surface area contributed by atoms with Gasteiger partial charge in [0.25, 0.3) is 0 Å². The van der Waals surface area contributed by atoms with Gasteiger partial charge in [0.05, 0.1) is 11.8 Å². The topological polar surface area (TPSA) is 94.1 Å². The maximum Gasteiger partial charge on any atom is 0.303 e. The smallest absolute Gasteiger partial charge is 0.303 e. The average Bonchev–Trinajstić information content (AvgIpc) is 3.49. The number of hydrogen-bond donors (Lipinski definition) is 2. The first-order valence-electron chi connectivity index (χ1n) is 14.5. The van der Waals surface area contributed by atoms with Gasteiger partial charge in [0.2, 0.25) is 11.8 Å². The van der Waals surface area contributed by atoms with E-state index in [4.69, 9.17) is 14.7 Å². The number of nitrogens with one attached hydrogen (secondary N) is 1. The number of fused-ring (bicyclic) bond motifs is 3. The molecule has 0 bridgehead atoms. The second kappa shape index (κ2) is 11.5. The summed E-state index contributed by atoms with van der Waals surface area (Å²) in [6.45, 7) is 4.22. The SMILES string of the molecule is CN1CCN(c2ccc(Nc3nc(OC4CCC(N(C)C)CC4)c4c5c(sc4n3)CC[C@@H]5CC(=O)O)cc2)CC1. The van der Waals surface area contributed by atoms with Crippen LogP contribution in [-0.2, 0) is 11.2 Å². The van der Waals surface area contributed by atoms with Crippen LogP contribution in [0.15, 0.2) is 24.3 Å². The van der Waals surface area contributed by atoms with Crippen molar-refractivity contribution in [2.24, 2.45) is 0 Å². The quantitative estimate of drug-likeness (QED) is 0.394. The third-order valence-corrected chi connectivity index (χ3v) is 9.98. The van der Waals surface area contributed by atoms with Crippen molar-refractivity contribution in [3.63, 3.8) is 0 Å². The van der Waals surface area contributed by atoms with Crippen LogP contribution in [-0.4, -0.2) is 90.3 Å². The van der Waals surface area contributed by atoms with Crippen LogP contribution in [0.25, 0.3) is 10.2 Å². The molecule has 1 aliphatic heterocycles. The van der Waals surface area contributed by atoms with E-state index in [9.17, 15) is 9.90 Å². The molecule has 2 aliphatic carbocycles. The minimum atomic E-state index is -0.763. The van der Waals surface area contributed by atoms with Gasteiger partial charge >= 0.3 is 5.97 Å². The van der Waals surface area contributed by atoms with E-state index in [2.05, 4.69) is 65.4 Å². The van der Waals surface area contributed by atoms with E-state index in [1.54, 1.807) is 11.3 Å². The van der Waals surface area contributed by atoms with Gasteiger partial charge in [-0.3, -0.25) is 4.79 Å². The van der Waals surface area contributed by atoms with Gasteiger partial charge in [-0.05, 0) is 95.4 Å². The molecule has 40 heavy (non-hydrogen) atoms. The molecule has 9 nitrogen and oxygen atoms in total. The predicted molar refractivity (Wildman–Crippen MR) is 161 cm³/mol. The number of piperazine rings is 1. The van der Waals surface area contributed by atoms with Crippen LogP contribution in [0.1, 0.15) is 54.9 Å². The number of likely N-dealkylation sites (N-methyl/N-ethyl adjacent to an activating group) is 1. The third-order valence-electron chi connectivity index (χ3n) is 8.83. The fraction of sp³-hybridized carbons (Fsp3) is 0.567. The van der Waals surface area contributed by atoms with Gasteiger partial charge in [0.15, 0.2) is 0 Å². The summed E-state index contributed by atoms with van der Waals surface area (Å²) in [5.74, 6) is 0.342. The number of carboxylic acids is 1. The highest BCUT2D eigenvalue weighted by Gasteiger charge is 2.33. The highest BCUT2D eigenvalue weighted by molar-refractivity contribution is 7.19. The first-order chi connectivity index (χ1) is 19.3. The molecule has 3 heterocycles. The number of rotatable bonds is 8. The van der Waals surface area contributed by atoms with Gasteiger partial charge in [-0.25, -0.2) is 4.98 Å². The number of carboxylic acid groups (broad SMARTS) is 1. The molecule has 10 heteroatoms. The van der Waals surface area contributed by atoms with Crippen LogP contribution in [0.4, 0.5) is 17.3 Å². The number of benzene rings is 1. The molecule has 2 aromatic heterocycles. The fourth-order valence-corrected chi connectivity index (χ4v) is 7.71. The molecule has 2 fully saturated rings. The van der Waals surface area contributed by atoms with Crippen molar-refractivity contribution in [2.75, 3.05) is 57.5 Å². The van der Waals surface area contributed by atoms with E-state index >= 15 is 0 Å². The summed E-state index contributed by atoms with van der Waals surface area (Å²) in [6.07, 6.45) is 6.13. The Bertz CT molecular complexity index is 1340. The van der Waals surface area contributed by atoms with E-state index in [0.717, 1.165) is 86.2 Å². The lowest BCUT2D eigenvalue weighted by Gasteiger charge is -2.34. The standard InChI is InChI=1S/C30H40N6O3S/c1-34(2)21-9-11-23(12-10-21)39-28-27-26-19(18-25(37)38)4-13-24(26)40-29(27)33-30(32-28)31-20-5-7-22(8-6-20)36-16-14-35(3)15-17-36/h5-8,19,21,23H,4,9-18H2,1-3H3,(H,37,38)(H,31,32,33)/t19-,21?,23?/m1/s1. The van der Waals surface area contributed by atoms with Crippen molar-refractivity contribution in [3.05, 3.63) is 34.7 Å². The van der Waals surface area contributed by atoms with Crippen molar-refractivity contribution < 1.29 is 14.6 Å². The van der Waals surface area contributed by atoms with Crippen LogP contribution in [0.3, 0.4) is 0 Å². The van der Waals surface area contributed by atoms with E-state index < -0.39 is 5.97 Å². The molecule has 2 N–H and O–H groups in total. The van der Waals surface area contributed by atoms with Crippen LogP contribution in [0, 0.1) is 0 Å². The molecule has 0 spiro atoms. The first-order valence-corrected chi connectivity index (χ1v) is 15.3. The Labute approximate surface area is 240 Å². The average molecular weight is 565 g/mol. The van der Waals surface area contributed by atoms with Crippen LogP contribution in [0.2, 0.25) is 0 Å². The summed E-state index contributed by atoms with van der Waals surface area (Å²) in [5, 5.41) is 13.9. The van der Waals surface area contributed by atoms with E-state index in [1.807, 2.05) is 0 Å². The number of aliphatic carboxylic acids is 1. The van der Waals surface area contributed by atoms with Gasteiger partial charge in [0, 0.05) is 48.5 Å². The second-order valence-electron chi connectivity index (χ2n) is 11.8.